The number of benzene rings is 1. The smallest absolute Gasteiger partial charge is 0.134 e. The lowest BCUT2D eigenvalue weighted by Gasteiger charge is -2.30. The van der Waals surface area contributed by atoms with Crippen LogP contribution in [0.2, 0.25) is 0 Å². The molecule has 0 saturated carbocycles. The highest BCUT2D eigenvalue weighted by atomic mass is 35.5. The highest BCUT2D eigenvalue weighted by molar-refractivity contribution is 6.22. The van der Waals surface area contributed by atoms with Gasteiger partial charge in [-0.05, 0) is 36.1 Å². The highest BCUT2D eigenvalue weighted by Crippen LogP contribution is 2.29. The van der Waals surface area contributed by atoms with E-state index in [0.29, 0.717) is 11.8 Å². The van der Waals surface area contributed by atoms with Gasteiger partial charge in [0.2, 0.25) is 0 Å². The third-order valence-corrected chi connectivity index (χ3v) is 4.57. The Hall–Kier alpha value is -1.19. The van der Waals surface area contributed by atoms with Crippen LogP contribution in [0.5, 0.6) is 5.75 Å². The summed E-state index contributed by atoms with van der Waals surface area (Å²) in [6.07, 6.45) is 2.60. The van der Waals surface area contributed by atoms with Crippen LogP contribution in [-0.4, -0.2) is 29.4 Å². The molecule has 0 atom stereocenters. The molecule has 1 N–H and O–H groups in total. The van der Waals surface area contributed by atoms with Crippen LogP contribution in [0.4, 0.5) is 5.82 Å². The van der Waals surface area contributed by atoms with Gasteiger partial charge in [-0.25, -0.2) is 4.98 Å². The molecule has 0 aliphatic rings. The van der Waals surface area contributed by atoms with Gasteiger partial charge in [0.15, 0.2) is 0 Å². The quantitative estimate of drug-likeness (QED) is 0.808. The number of nitrogens with one attached hydrogen (secondary N) is 1. The Morgan fingerprint density at radius 3 is 2.60 bits per heavy atom. The molecule has 3 nitrogen and oxygen atoms in total. The van der Waals surface area contributed by atoms with Gasteiger partial charge in [0.1, 0.15) is 11.6 Å². The lowest BCUT2D eigenvalue weighted by Crippen LogP contribution is -2.42. The van der Waals surface area contributed by atoms with Crippen LogP contribution in [0.25, 0.3) is 10.8 Å². The second-order valence-electron chi connectivity index (χ2n) is 4.77. The van der Waals surface area contributed by atoms with Gasteiger partial charge in [0.25, 0.3) is 0 Å². The number of ether oxygens (including phenoxy) is 1. The lowest BCUT2D eigenvalue weighted by atomic mass is 10.0. The number of nitrogens with zero attached hydrogens (tertiary/aromatic N) is 1. The van der Waals surface area contributed by atoms with Crippen molar-refractivity contribution in [3.8, 4) is 5.75 Å². The maximum atomic E-state index is 6.08. The van der Waals surface area contributed by atoms with E-state index in [-0.39, 0.29) is 5.54 Å². The number of fused-ring (bicyclic) bond motifs is 1. The van der Waals surface area contributed by atoms with Crippen molar-refractivity contribution in [3.05, 3.63) is 30.5 Å². The predicted octanol–water partition coefficient (Wildman–Crippen LogP) is 4.28. The Balaban J connectivity index is 2.44. The molecular formula is C15H18Cl2N2O. The van der Waals surface area contributed by atoms with Crippen LogP contribution >= 0.6 is 23.2 Å². The maximum Gasteiger partial charge on any atom is 0.134 e. The number of methoxy groups -OCH3 is 1. The van der Waals surface area contributed by atoms with Gasteiger partial charge >= 0.3 is 0 Å². The third-order valence-electron chi connectivity index (χ3n) is 3.54. The average Bonchev–Trinajstić information content (AvgIpc) is 2.52. The number of alkyl halides is 2. The SMILES string of the molecule is CCC(CCl)(CCl)Nc1nccc2cc(OC)ccc12. The van der Waals surface area contributed by atoms with E-state index in [9.17, 15) is 0 Å². The van der Waals surface area contributed by atoms with Gasteiger partial charge in [-0.3, -0.25) is 0 Å². The molecule has 1 heterocycles. The van der Waals surface area contributed by atoms with E-state index in [0.717, 1.165) is 28.8 Å². The van der Waals surface area contributed by atoms with E-state index in [2.05, 4.69) is 17.2 Å². The van der Waals surface area contributed by atoms with Gasteiger partial charge in [0.05, 0.1) is 12.6 Å². The van der Waals surface area contributed by atoms with Crippen molar-refractivity contribution < 1.29 is 4.74 Å². The molecule has 5 heteroatoms. The first-order chi connectivity index (χ1) is 9.68. The van der Waals surface area contributed by atoms with Gasteiger partial charge in [-0.1, -0.05) is 6.92 Å². The molecule has 0 aliphatic heterocycles. The van der Waals surface area contributed by atoms with Gasteiger partial charge < -0.3 is 10.1 Å². The number of pyridine rings is 1. The second-order valence-corrected chi connectivity index (χ2v) is 5.31. The van der Waals surface area contributed by atoms with E-state index in [4.69, 9.17) is 27.9 Å². The minimum absolute atomic E-state index is 0.343. The zero-order valence-electron chi connectivity index (χ0n) is 11.6. The topological polar surface area (TPSA) is 34.2 Å². The fourth-order valence-corrected chi connectivity index (χ4v) is 2.81. The van der Waals surface area contributed by atoms with E-state index in [1.165, 1.54) is 0 Å². The second kappa shape index (κ2) is 6.51. The van der Waals surface area contributed by atoms with Gasteiger partial charge in [-0.15, -0.1) is 23.2 Å². The molecule has 0 radical (unpaired) electrons. The molecule has 0 saturated heterocycles. The van der Waals surface area contributed by atoms with E-state index in [1.807, 2.05) is 24.3 Å². The van der Waals surface area contributed by atoms with Crippen LogP contribution in [0.15, 0.2) is 30.5 Å². The van der Waals surface area contributed by atoms with Crippen LogP contribution in [0.1, 0.15) is 13.3 Å². The van der Waals surface area contributed by atoms with E-state index >= 15 is 0 Å². The minimum Gasteiger partial charge on any atom is -0.497 e. The van der Waals surface area contributed by atoms with Crippen molar-refractivity contribution in [2.24, 2.45) is 0 Å². The molecule has 2 rings (SSSR count). The Morgan fingerprint density at radius 2 is 2.00 bits per heavy atom. The summed E-state index contributed by atoms with van der Waals surface area (Å²) in [7, 11) is 1.66. The van der Waals surface area contributed by atoms with E-state index < -0.39 is 0 Å². The molecule has 0 amide bonds. The molecule has 1 aromatic heterocycles. The maximum absolute atomic E-state index is 6.08. The van der Waals surface area contributed by atoms with Gasteiger partial charge in [-0.2, -0.15) is 0 Å². The summed E-state index contributed by atoms with van der Waals surface area (Å²) in [6, 6.07) is 7.85. The molecule has 0 unspecified atom stereocenters. The highest BCUT2D eigenvalue weighted by Gasteiger charge is 2.27. The van der Waals surface area contributed by atoms with Crippen molar-refractivity contribution in [3.63, 3.8) is 0 Å². The monoisotopic (exact) mass is 312 g/mol. The normalized spacial score (nSPS) is 11.6. The molecule has 0 aliphatic carbocycles. The Labute approximate surface area is 129 Å². The Bertz CT molecular complexity index is 577. The fraction of sp³-hybridized carbons (Fsp3) is 0.400. The summed E-state index contributed by atoms with van der Waals surface area (Å²) in [4.78, 5) is 4.42. The van der Waals surface area contributed by atoms with Crippen molar-refractivity contribution in [2.75, 3.05) is 24.2 Å². The molecular weight excluding hydrogens is 295 g/mol. The van der Waals surface area contributed by atoms with Crippen molar-refractivity contribution in [1.29, 1.82) is 0 Å². The summed E-state index contributed by atoms with van der Waals surface area (Å²) in [5, 5.41) is 5.50. The first-order valence-electron chi connectivity index (χ1n) is 6.51. The van der Waals surface area contributed by atoms with Crippen LogP contribution in [0.3, 0.4) is 0 Å². The van der Waals surface area contributed by atoms with Crippen LogP contribution in [0, 0.1) is 0 Å². The van der Waals surface area contributed by atoms with E-state index in [1.54, 1.807) is 13.3 Å². The fourth-order valence-electron chi connectivity index (χ4n) is 2.01. The number of aromatic nitrogens is 1. The van der Waals surface area contributed by atoms with Crippen molar-refractivity contribution >= 4 is 39.8 Å². The first kappa shape index (κ1) is 15.2. The average molecular weight is 313 g/mol. The molecule has 0 fully saturated rings. The number of halogens is 2. The summed E-state index contributed by atoms with van der Waals surface area (Å²) < 4.78 is 5.24. The minimum atomic E-state index is -0.343. The molecule has 0 spiro atoms. The van der Waals surface area contributed by atoms with Crippen molar-refractivity contribution in [1.82, 2.24) is 4.98 Å². The van der Waals surface area contributed by atoms with Gasteiger partial charge in [0, 0.05) is 23.3 Å². The summed E-state index contributed by atoms with van der Waals surface area (Å²) in [5.74, 6) is 2.49. The largest absolute Gasteiger partial charge is 0.497 e. The molecule has 2 aromatic rings. The number of hydrogen-bond acceptors (Lipinski definition) is 3. The lowest BCUT2D eigenvalue weighted by molar-refractivity contribution is 0.415. The Morgan fingerprint density at radius 1 is 1.25 bits per heavy atom. The first-order valence-corrected chi connectivity index (χ1v) is 7.58. The summed E-state index contributed by atoms with van der Waals surface area (Å²) in [5.41, 5.74) is -0.343. The van der Waals surface area contributed by atoms with Crippen LogP contribution in [-0.2, 0) is 0 Å². The van der Waals surface area contributed by atoms with Crippen molar-refractivity contribution in [2.45, 2.75) is 18.9 Å². The van der Waals surface area contributed by atoms with Crippen LogP contribution < -0.4 is 10.1 Å². The number of anilines is 1. The third kappa shape index (κ3) is 2.94. The zero-order valence-corrected chi connectivity index (χ0v) is 13.1. The standard InChI is InChI=1S/C15H18Cl2N2O/c1-3-15(9-16,10-17)19-14-13-5-4-12(20-2)8-11(13)6-7-18-14/h4-8H,3,9-10H2,1-2H3,(H,18,19). The summed E-state index contributed by atoms with van der Waals surface area (Å²) >= 11 is 12.2. The zero-order chi connectivity index (χ0) is 14.6. The molecule has 108 valence electrons. The molecule has 1 aromatic carbocycles. The number of hydrogen-bond donors (Lipinski definition) is 1. The predicted molar refractivity (Wildman–Crippen MR) is 86.4 cm³/mol. The molecule has 0 bridgehead atoms. The number of rotatable bonds is 6. The Kier molecular flexibility index (Phi) is 4.95. The molecule has 20 heavy (non-hydrogen) atoms. The summed E-state index contributed by atoms with van der Waals surface area (Å²) in [6.45, 7) is 2.06.